The minimum atomic E-state index is -0.347. The van der Waals surface area contributed by atoms with E-state index >= 15 is 0 Å². The zero-order chi connectivity index (χ0) is 19.5. The van der Waals surface area contributed by atoms with Crippen LogP contribution in [0, 0.1) is 5.82 Å². The van der Waals surface area contributed by atoms with E-state index in [9.17, 15) is 14.0 Å². The lowest BCUT2D eigenvalue weighted by Gasteiger charge is -2.35. The molecule has 0 aliphatic carbocycles. The Morgan fingerprint density at radius 3 is 2.43 bits per heavy atom. The molecule has 0 bridgehead atoms. The molecule has 0 radical (unpaired) electrons. The van der Waals surface area contributed by atoms with Crippen LogP contribution in [0.3, 0.4) is 0 Å². The smallest absolute Gasteiger partial charge is 0.317 e. The molecule has 9 heteroatoms. The van der Waals surface area contributed by atoms with E-state index in [-0.39, 0.29) is 30.2 Å². The number of aromatic nitrogens is 2. The van der Waals surface area contributed by atoms with E-state index in [4.69, 9.17) is 0 Å². The van der Waals surface area contributed by atoms with Gasteiger partial charge in [0, 0.05) is 57.2 Å². The first kappa shape index (κ1) is 18.1. The number of benzene rings is 1. The van der Waals surface area contributed by atoms with Gasteiger partial charge in [-0.15, -0.1) is 0 Å². The van der Waals surface area contributed by atoms with Gasteiger partial charge in [0.1, 0.15) is 5.82 Å². The van der Waals surface area contributed by atoms with E-state index in [1.165, 1.54) is 12.1 Å². The van der Waals surface area contributed by atoms with Crippen molar-refractivity contribution in [2.75, 3.05) is 42.5 Å². The molecule has 28 heavy (non-hydrogen) atoms. The molecule has 1 N–H and O–H groups in total. The topological polar surface area (TPSA) is 81.7 Å². The number of nitrogens with one attached hydrogen (secondary N) is 1. The molecular formula is C19H21FN6O2. The van der Waals surface area contributed by atoms with E-state index in [0.29, 0.717) is 44.4 Å². The second-order valence-electron chi connectivity index (χ2n) is 6.85. The van der Waals surface area contributed by atoms with Crippen molar-refractivity contribution in [3.8, 4) is 0 Å². The molecule has 1 aromatic carbocycles. The number of carbonyl (C=O) groups is 2. The Morgan fingerprint density at radius 1 is 1.07 bits per heavy atom. The Bertz CT molecular complexity index is 839. The van der Waals surface area contributed by atoms with Crippen molar-refractivity contribution >= 4 is 23.6 Å². The van der Waals surface area contributed by atoms with Crippen LogP contribution in [0.2, 0.25) is 0 Å². The molecule has 146 valence electrons. The minimum absolute atomic E-state index is 0.0806. The summed E-state index contributed by atoms with van der Waals surface area (Å²) in [5, 5.41) is 2.95. The highest BCUT2D eigenvalue weighted by molar-refractivity contribution is 5.96. The zero-order valence-corrected chi connectivity index (χ0v) is 15.3. The van der Waals surface area contributed by atoms with Gasteiger partial charge in [-0.25, -0.2) is 19.2 Å². The molecule has 0 spiro atoms. The molecule has 1 atom stereocenters. The maximum Gasteiger partial charge on any atom is 0.317 e. The van der Waals surface area contributed by atoms with Gasteiger partial charge in [-0.1, -0.05) is 0 Å². The summed E-state index contributed by atoms with van der Waals surface area (Å²) < 4.78 is 13.1. The van der Waals surface area contributed by atoms with Crippen LogP contribution in [0.5, 0.6) is 0 Å². The van der Waals surface area contributed by atoms with E-state index in [0.717, 1.165) is 0 Å². The fourth-order valence-corrected chi connectivity index (χ4v) is 3.50. The van der Waals surface area contributed by atoms with Crippen LogP contribution < -0.4 is 15.1 Å². The Labute approximate surface area is 162 Å². The third kappa shape index (κ3) is 3.88. The molecule has 1 unspecified atom stereocenters. The molecule has 2 aromatic rings. The highest BCUT2D eigenvalue weighted by Gasteiger charge is 2.33. The highest BCUT2D eigenvalue weighted by Crippen LogP contribution is 2.22. The summed E-state index contributed by atoms with van der Waals surface area (Å²) in [5.74, 6) is 0.238. The molecule has 3 heterocycles. The number of rotatable bonds is 3. The molecule has 2 aliphatic heterocycles. The first-order valence-electron chi connectivity index (χ1n) is 9.23. The molecule has 2 fully saturated rings. The van der Waals surface area contributed by atoms with Crippen molar-refractivity contribution in [3.05, 3.63) is 48.5 Å². The molecule has 0 saturated carbocycles. The lowest BCUT2D eigenvalue weighted by molar-refractivity contribution is -0.117. The first-order valence-corrected chi connectivity index (χ1v) is 9.23. The van der Waals surface area contributed by atoms with E-state index < -0.39 is 0 Å². The van der Waals surface area contributed by atoms with Gasteiger partial charge in [0.05, 0.1) is 6.04 Å². The number of halogens is 1. The second kappa shape index (κ2) is 7.79. The number of amides is 3. The van der Waals surface area contributed by atoms with Gasteiger partial charge < -0.3 is 20.0 Å². The van der Waals surface area contributed by atoms with Crippen molar-refractivity contribution in [2.45, 2.75) is 12.5 Å². The van der Waals surface area contributed by atoms with Gasteiger partial charge in [0.25, 0.3) is 0 Å². The van der Waals surface area contributed by atoms with Crippen LogP contribution in [0.25, 0.3) is 0 Å². The van der Waals surface area contributed by atoms with Gasteiger partial charge >= 0.3 is 6.03 Å². The largest absolute Gasteiger partial charge is 0.337 e. The Kier molecular flexibility index (Phi) is 5.05. The van der Waals surface area contributed by atoms with Crippen molar-refractivity contribution in [2.24, 2.45) is 0 Å². The predicted molar refractivity (Wildman–Crippen MR) is 102 cm³/mol. The zero-order valence-electron chi connectivity index (χ0n) is 15.3. The standard InChI is InChI=1S/C19H21FN6O2/c20-14-2-4-16(5-3-14)26-13-15(12-17(26)27)23-19(28)25-10-8-24(9-11-25)18-21-6-1-7-22-18/h1-7,15H,8-13H2,(H,23,28). The van der Waals surface area contributed by atoms with Crippen LogP contribution in [0.15, 0.2) is 42.7 Å². The lowest BCUT2D eigenvalue weighted by Crippen LogP contribution is -2.54. The Morgan fingerprint density at radius 2 is 1.75 bits per heavy atom. The van der Waals surface area contributed by atoms with Crippen molar-refractivity contribution in [1.29, 1.82) is 0 Å². The third-order valence-corrected chi connectivity index (χ3v) is 4.99. The summed E-state index contributed by atoms with van der Waals surface area (Å²) >= 11 is 0. The molecule has 8 nitrogen and oxygen atoms in total. The number of hydrogen-bond acceptors (Lipinski definition) is 5. The van der Waals surface area contributed by atoms with Crippen LogP contribution in [0.1, 0.15) is 6.42 Å². The average Bonchev–Trinajstić information content (AvgIpc) is 3.09. The lowest BCUT2D eigenvalue weighted by atomic mass is 10.2. The predicted octanol–water partition coefficient (Wildman–Crippen LogP) is 1.25. The number of anilines is 2. The van der Waals surface area contributed by atoms with Gasteiger partial charge in [-0.05, 0) is 30.3 Å². The fraction of sp³-hybridized carbons (Fsp3) is 0.368. The summed E-state index contributed by atoms with van der Waals surface area (Å²) in [5.41, 5.74) is 0.639. The summed E-state index contributed by atoms with van der Waals surface area (Å²) in [6, 6.07) is 7.12. The summed E-state index contributed by atoms with van der Waals surface area (Å²) in [4.78, 5) is 38.7. The van der Waals surface area contributed by atoms with Crippen molar-refractivity contribution < 1.29 is 14.0 Å². The monoisotopic (exact) mass is 384 g/mol. The van der Waals surface area contributed by atoms with Crippen LogP contribution >= 0.6 is 0 Å². The molecule has 4 rings (SSSR count). The minimum Gasteiger partial charge on any atom is -0.337 e. The fourth-order valence-electron chi connectivity index (χ4n) is 3.50. The van der Waals surface area contributed by atoms with Gasteiger partial charge in [0.2, 0.25) is 11.9 Å². The van der Waals surface area contributed by atoms with E-state index in [1.807, 2.05) is 4.90 Å². The van der Waals surface area contributed by atoms with Crippen molar-refractivity contribution in [1.82, 2.24) is 20.2 Å². The number of hydrogen-bond donors (Lipinski definition) is 1. The molecule has 3 amide bonds. The SMILES string of the molecule is O=C(NC1CC(=O)N(c2ccc(F)cc2)C1)N1CCN(c2ncccn2)CC1. The molecular weight excluding hydrogens is 363 g/mol. The summed E-state index contributed by atoms with van der Waals surface area (Å²) in [7, 11) is 0. The van der Waals surface area contributed by atoms with Crippen molar-refractivity contribution in [3.63, 3.8) is 0 Å². The maximum absolute atomic E-state index is 13.1. The molecule has 1 aromatic heterocycles. The van der Waals surface area contributed by atoms with E-state index in [2.05, 4.69) is 15.3 Å². The molecule has 2 aliphatic rings. The maximum atomic E-state index is 13.1. The van der Waals surface area contributed by atoms with E-state index in [1.54, 1.807) is 40.4 Å². The summed E-state index contributed by atoms with van der Waals surface area (Å²) in [6.07, 6.45) is 3.64. The third-order valence-electron chi connectivity index (χ3n) is 4.99. The molecule has 2 saturated heterocycles. The number of urea groups is 1. The quantitative estimate of drug-likeness (QED) is 0.862. The Balaban J connectivity index is 1.30. The normalized spacial score (nSPS) is 19.8. The van der Waals surface area contributed by atoms with Gasteiger partial charge in [0.15, 0.2) is 0 Å². The number of carbonyl (C=O) groups excluding carboxylic acids is 2. The van der Waals surface area contributed by atoms with Gasteiger partial charge in [-0.2, -0.15) is 0 Å². The van der Waals surface area contributed by atoms with Crippen LogP contribution in [-0.4, -0.2) is 65.6 Å². The summed E-state index contributed by atoms with van der Waals surface area (Å²) in [6.45, 7) is 2.82. The van der Waals surface area contributed by atoms with Gasteiger partial charge in [-0.3, -0.25) is 4.79 Å². The second-order valence-corrected chi connectivity index (χ2v) is 6.85. The first-order chi connectivity index (χ1) is 13.6. The Hall–Kier alpha value is -3.23. The average molecular weight is 384 g/mol. The highest BCUT2D eigenvalue weighted by atomic mass is 19.1. The van der Waals surface area contributed by atoms with Crippen LogP contribution in [-0.2, 0) is 4.79 Å². The number of nitrogens with zero attached hydrogens (tertiary/aromatic N) is 5. The number of piperazine rings is 1. The van der Waals surface area contributed by atoms with Crippen LogP contribution in [0.4, 0.5) is 20.8 Å².